The summed E-state index contributed by atoms with van der Waals surface area (Å²) in [6, 6.07) is 14.0. The van der Waals surface area contributed by atoms with Gasteiger partial charge in [0.25, 0.3) is 5.91 Å². The second-order valence-corrected chi connectivity index (χ2v) is 6.23. The molecule has 3 aromatic rings. The minimum Gasteiger partial charge on any atom is -0.350 e. The molecule has 0 aliphatic heterocycles. The number of carbonyl (C=O) groups is 1. The van der Waals surface area contributed by atoms with Crippen molar-refractivity contribution in [3.05, 3.63) is 78.5 Å². The third-order valence-electron chi connectivity index (χ3n) is 4.67. The average Bonchev–Trinajstić information content (AvgIpc) is 3.26. The largest absolute Gasteiger partial charge is 0.350 e. The summed E-state index contributed by atoms with van der Waals surface area (Å²) in [5, 5.41) is 3.06. The Bertz CT molecular complexity index is 827. The van der Waals surface area contributed by atoms with Gasteiger partial charge in [0, 0.05) is 25.1 Å². The first-order chi connectivity index (χ1) is 13.2. The van der Waals surface area contributed by atoms with E-state index in [9.17, 15) is 4.79 Å². The van der Waals surface area contributed by atoms with Crippen molar-refractivity contribution >= 4 is 5.91 Å². The zero-order chi connectivity index (χ0) is 19.1. The molecule has 2 heterocycles. The fraction of sp³-hybridized carbons (Fsp3) is 0.286. The van der Waals surface area contributed by atoms with Gasteiger partial charge in [-0.25, -0.2) is 9.97 Å². The molecule has 0 spiro atoms. The van der Waals surface area contributed by atoms with Gasteiger partial charge in [-0.1, -0.05) is 44.2 Å². The van der Waals surface area contributed by atoms with Crippen molar-refractivity contribution < 1.29 is 4.79 Å². The number of carbonyl (C=O) groups excluding carboxylic acids is 1. The highest BCUT2D eigenvalue weighted by atomic mass is 16.1. The smallest absolute Gasteiger partial charge is 0.252 e. The third kappa shape index (κ3) is 4.60. The molecule has 0 saturated heterocycles. The number of rotatable bonds is 8. The van der Waals surface area contributed by atoms with E-state index in [-0.39, 0.29) is 11.9 Å². The number of hydrogen-bond donors (Lipinski definition) is 1. The third-order valence-corrected chi connectivity index (χ3v) is 4.67. The second-order valence-electron chi connectivity index (χ2n) is 6.23. The van der Waals surface area contributed by atoms with Gasteiger partial charge >= 0.3 is 0 Å². The van der Waals surface area contributed by atoms with Gasteiger partial charge in [0.2, 0.25) is 0 Å². The topological polar surface area (TPSA) is 63.1 Å². The normalized spacial score (nSPS) is 12.1. The zero-order valence-electron chi connectivity index (χ0n) is 15.7. The highest BCUT2D eigenvalue weighted by Gasteiger charge is 2.19. The van der Waals surface area contributed by atoms with Crippen LogP contribution >= 0.6 is 0 Å². The Morgan fingerprint density at radius 3 is 2.52 bits per heavy atom. The number of aromatic nitrogens is 3. The predicted molar refractivity (Wildman–Crippen MR) is 106 cm³/mol. The standard InChI is InChI=1S/C21H25N5O/c1-3-25(4-2)19(17-8-6-5-7-9-17)15-24-21(27)18-10-11-20(23-14-18)26-13-12-22-16-26/h5-14,16,19H,3-4,15H2,1-2H3,(H,24,27). The quantitative estimate of drug-likeness (QED) is 0.668. The van der Waals surface area contributed by atoms with Gasteiger partial charge in [-0.05, 0) is 30.8 Å². The van der Waals surface area contributed by atoms with E-state index in [2.05, 4.69) is 46.2 Å². The Kier molecular flexibility index (Phi) is 6.33. The minimum atomic E-state index is -0.118. The Hall–Kier alpha value is -2.99. The van der Waals surface area contributed by atoms with Crippen molar-refractivity contribution in [1.82, 2.24) is 24.8 Å². The summed E-state index contributed by atoms with van der Waals surface area (Å²) in [4.78, 5) is 23.3. The fourth-order valence-corrected chi connectivity index (χ4v) is 3.16. The molecule has 0 bridgehead atoms. The van der Waals surface area contributed by atoms with E-state index in [0.717, 1.165) is 18.9 Å². The number of nitrogens with zero attached hydrogens (tertiary/aromatic N) is 4. The van der Waals surface area contributed by atoms with Crippen LogP contribution in [0.2, 0.25) is 0 Å². The van der Waals surface area contributed by atoms with Crippen molar-refractivity contribution in [2.24, 2.45) is 0 Å². The maximum absolute atomic E-state index is 12.6. The molecule has 3 rings (SSSR count). The first-order valence-electron chi connectivity index (χ1n) is 9.24. The molecule has 2 aromatic heterocycles. The maximum Gasteiger partial charge on any atom is 0.252 e. The molecule has 6 nitrogen and oxygen atoms in total. The van der Waals surface area contributed by atoms with Crippen molar-refractivity contribution in [2.45, 2.75) is 19.9 Å². The van der Waals surface area contributed by atoms with Crippen molar-refractivity contribution in [1.29, 1.82) is 0 Å². The molecule has 1 amide bonds. The summed E-state index contributed by atoms with van der Waals surface area (Å²) < 4.78 is 1.80. The molecule has 0 fully saturated rings. The van der Waals surface area contributed by atoms with Gasteiger partial charge < -0.3 is 5.32 Å². The van der Waals surface area contributed by atoms with Crippen LogP contribution in [-0.4, -0.2) is 45.0 Å². The van der Waals surface area contributed by atoms with E-state index in [1.165, 1.54) is 5.56 Å². The number of likely N-dealkylation sites (N-methyl/N-ethyl adjacent to an activating group) is 1. The predicted octanol–water partition coefficient (Wildman–Crippen LogP) is 3.08. The van der Waals surface area contributed by atoms with Crippen LogP contribution in [0.5, 0.6) is 0 Å². The maximum atomic E-state index is 12.6. The Morgan fingerprint density at radius 1 is 1.15 bits per heavy atom. The van der Waals surface area contributed by atoms with Crippen LogP contribution in [0.15, 0.2) is 67.4 Å². The van der Waals surface area contributed by atoms with E-state index in [4.69, 9.17) is 0 Å². The minimum absolute atomic E-state index is 0.118. The number of pyridine rings is 1. The van der Waals surface area contributed by atoms with Crippen LogP contribution in [0.25, 0.3) is 5.82 Å². The highest BCUT2D eigenvalue weighted by molar-refractivity contribution is 5.93. The van der Waals surface area contributed by atoms with Gasteiger partial charge in [0.1, 0.15) is 12.1 Å². The molecular weight excluding hydrogens is 338 g/mol. The van der Waals surface area contributed by atoms with Crippen molar-refractivity contribution in [3.8, 4) is 5.82 Å². The monoisotopic (exact) mass is 363 g/mol. The lowest BCUT2D eigenvalue weighted by Crippen LogP contribution is -2.38. The molecule has 0 aliphatic rings. The number of amides is 1. The van der Waals surface area contributed by atoms with Gasteiger partial charge in [-0.2, -0.15) is 0 Å². The molecule has 1 N–H and O–H groups in total. The molecule has 1 unspecified atom stereocenters. The second kappa shape index (κ2) is 9.09. The van der Waals surface area contributed by atoms with Crippen molar-refractivity contribution in [2.75, 3.05) is 19.6 Å². The van der Waals surface area contributed by atoms with Crippen LogP contribution < -0.4 is 5.32 Å². The van der Waals surface area contributed by atoms with E-state index >= 15 is 0 Å². The number of nitrogens with one attached hydrogen (secondary N) is 1. The molecule has 6 heteroatoms. The number of hydrogen-bond acceptors (Lipinski definition) is 4. The Morgan fingerprint density at radius 2 is 1.93 bits per heavy atom. The lowest BCUT2D eigenvalue weighted by Gasteiger charge is -2.30. The summed E-state index contributed by atoms with van der Waals surface area (Å²) in [6.07, 6.45) is 6.78. The molecule has 27 heavy (non-hydrogen) atoms. The van der Waals surface area contributed by atoms with Crippen LogP contribution in [0.1, 0.15) is 35.8 Å². The van der Waals surface area contributed by atoms with Gasteiger partial charge in [0.05, 0.1) is 11.6 Å². The van der Waals surface area contributed by atoms with E-state index < -0.39 is 0 Å². The lowest BCUT2D eigenvalue weighted by atomic mass is 10.0. The van der Waals surface area contributed by atoms with Crippen LogP contribution in [0, 0.1) is 0 Å². The Labute approximate surface area is 159 Å². The molecule has 140 valence electrons. The Balaban J connectivity index is 1.68. The van der Waals surface area contributed by atoms with Crippen molar-refractivity contribution in [3.63, 3.8) is 0 Å². The molecule has 1 aromatic carbocycles. The van der Waals surface area contributed by atoms with Gasteiger partial charge in [-0.15, -0.1) is 0 Å². The van der Waals surface area contributed by atoms with Crippen LogP contribution in [0.4, 0.5) is 0 Å². The summed E-state index contributed by atoms with van der Waals surface area (Å²) in [5.41, 5.74) is 1.75. The zero-order valence-corrected chi connectivity index (χ0v) is 15.7. The van der Waals surface area contributed by atoms with Crippen LogP contribution in [-0.2, 0) is 0 Å². The lowest BCUT2D eigenvalue weighted by molar-refractivity contribution is 0.0934. The van der Waals surface area contributed by atoms with Gasteiger partial charge in [0.15, 0.2) is 0 Å². The summed E-state index contributed by atoms with van der Waals surface area (Å²) in [7, 11) is 0. The number of benzene rings is 1. The van der Waals surface area contributed by atoms with E-state index in [1.807, 2.05) is 30.5 Å². The SMILES string of the molecule is CCN(CC)C(CNC(=O)c1ccc(-n2ccnc2)nc1)c1ccccc1. The molecule has 0 aliphatic carbocycles. The van der Waals surface area contributed by atoms with E-state index in [1.54, 1.807) is 29.4 Å². The summed E-state index contributed by atoms with van der Waals surface area (Å²) in [6.45, 7) is 6.67. The first-order valence-corrected chi connectivity index (χ1v) is 9.24. The summed E-state index contributed by atoms with van der Waals surface area (Å²) in [5.74, 6) is 0.613. The highest BCUT2D eigenvalue weighted by Crippen LogP contribution is 2.19. The molecule has 0 saturated carbocycles. The molecule has 1 atom stereocenters. The average molecular weight is 363 g/mol. The van der Waals surface area contributed by atoms with Gasteiger partial charge in [-0.3, -0.25) is 14.3 Å². The van der Waals surface area contributed by atoms with Crippen LogP contribution in [0.3, 0.4) is 0 Å². The molecular formula is C21H25N5O. The fourth-order valence-electron chi connectivity index (χ4n) is 3.16. The molecule has 0 radical (unpaired) electrons. The first kappa shape index (κ1) is 18.8. The number of imidazole rings is 1. The van der Waals surface area contributed by atoms with E-state index in [0.29, 0.717) is 12.1 Å². The summed E-state index contributed by atoms with van der Waals surface area (Å²) >= 11 is 0.